The quantitative estimate of drug-likeness (QED) is 0.405. The average molecular weight is 457 g/mol. The molecule has 1 heterocycles. The third-order valence-corrected chi connectivity index (χ3v) is 5.21. The fourth-order valence-electron chi connectivity index (χ4n) is 3.51. The Balaban J connectivity index is 1.68. The molecule has 3 aromatic carbocycles. The van der Waals surface area contributed by atoms with Gasteiger partial charge in [0.05, 0.1) is 38.1 Å². The van der Waals surface area contributed by atoms with E-state index in [1.54, 1.807) is 50.6 Å². The number of benzene rings is 3. The van der Waals surface area contributed by atoms with Crippen molar-refractivity contribution in [1.82, 2.24) is 4.98 Å². The molecule has 0 saturated heterocycles. The number of anilines is 2. The van der Waals surface area contributed by atoms with E-state index in [0.29, 0.717) is 39.6 Å². The van der Waals surface area contributed by atoms with Gasteiger partial charge < -0.3 is 19.5 Å². The maximum Gasteiger partial charge on any atom is 0.411 e. The van der Waals surface area contributed by atoms with Gasteiger partial charge in [0.2, 0.25) is 0 Å². The average Bonchev–Trinajstić information content (AvgIpc) is 2.88. The van der Waals surface area contributed by atoms with Crippen molar-refractivity contribution >= 4 is 34.3 Å². The zero-order valence-electron chi connectivity index (χ0n) is 18.9. The summed E-state index contributed by atoms with van der Waals surface area (Å²) in [6.45, 7) is 0. The molecule has 2 amide bonds. The number of pyridine rings is 1. The summed E-state index contributed by atoms with van der Waals surface area (Å²) < 4.78 is 15.3. The highest BCUT2D eigenvalue weighted by Gasteiger charge is 2.16. The Morgan fingerprint density at radius 2 is 1.44 bits per heavy atom. The first kappa shape index (κ1) is 22.6. The van der Waals surface area contributed by atoms with E-state index in [0.717, 1.165) is 10.9 Å². The van der Waals surface area contributed by atoms with E-state index in [1.165, 1.54) is 7.11 Å². The van der Waals surface area contributed by atoms with Crippen molar-refractivity contribution in [2.45, 2.75) is 0 Å². The van der Waals surface area contributed by atoms with Crippen LogP contribution < -0.4 is 20.1 Å². The number of hydrogen-bond donors (Lipinski definition) is 2. The van der Waals surface area contributed by atoms with Gasteiger partial charge in [-0.05, 0) is 54.6 Å². The summed E-state index contributed by atoms with van der Waals surface area (Å²) in [6, 6.07) is 21.5. The van der Waals surface area contributed by atoms with Crippen LogP contribution in [0, 0.1) is 0 Å². The molecule has 0 saturated carbocycles. The van der Waals surface area contributed by atoms with Crippen molar-refractivity contribution < 1.29 is 23.8 Å². The van der Waals surface area contributed by atoms with E-state index in [1.807, 2.05) is 36.4 Å². The number of hydrogen-bond acceptors (Lipinski definition) is 6. The molecule has 0 aliphatic carbocycles. The van der Waals surface area contributed by atoms with Crippen molar-refractivity contribution in [3.05, 3.63) is 78.4 Å². The van der Waals surface area contributed by atoms with E-state index in [-0.39, 0.29) is 5.91 Å². The van der Waals surface area contributed by atoms with Gasteiger partial charge in [-0.1, -0.05) is 18.2 Å². The second-order valence-electron chi connectivity index (χ2n) is 7.29. The number of nitrogens with one attached hydrogen (secondary N) is 2. The van der Waals surface area contributed by atoms with E-state index in [4.69, 9.17) is 14.5 Å². The van der Waals surface area contributed by atoms with Crippen LogP contribution in [0.4, 0.5) is 16.2 Å². The van der Waals surface area contributed by atoms with Gasteiger partial charge in [0.1, 0.15) is 0 Å². The fourth-order valence-corrected chi connectivity index (χ4v) is 3.51. The van der Waals surface area contributed by atoms with Crippen molar-refractivity contribution in [2.24, 2.45) is 0 Å². The molecule has 0 radical (unpaired) electrons. The number of carbonyl (C=O) groups excluding carboxylic acids is 2. The summed E-state index contributed by atoms with van der Waals surface area (Å²) in [7, 11) is 4.44. The van der Waals surface area contributed by atoms with Crippen LogP contribution in [0.3, 0.4) is 0 Å². The SMILES string of the molecule is COC(=O)Nc1ccc(NC(=O)c2cc(-c3ccc(OC)c(OC)c3)nc3ccccc23)cc1. The van der Waals surface area contributed by atoms with E-state index < -0.39 is 6.09 Å². The molecule has 8 heteroatoms. The monoisotopic (exact) mass is 457 g/mol. The fraction of sp³-hybridized carbons (Fsp3) is 0.115. The maximum atomic E-state index is 13.3. The first-order valence-electron chi connectivity index (χ1n) is 10.4. The highest BCUT2D eigenvalue weighted by atomic mass is 16.5. The molecule has 4 aromatic rings. The summed E-state index contributed by atoms with van der Waals surface area (Å²) in [5.41, 5.74) is 3.71. The molecule has 0 unspecified atom stereocenters. The molecule has 34 heavy (non-hydrogen) atoms. The molecule has 0 aliphatic heterocycles. The number of rotatable bonds is 6. The summed E-state index contributed by atoms with van der Waals surface area (Å²) in [4.78, 5) is 29.4. The molecule has 0 spiro atoms. The third-order valence-electron chi connectivity index (χ3n) is 5.21. The maximum absolute atomic E-state index is 13.3. The van der Waals surface area contributed by atoms with Crippen LogP contribution in [0.1, 0.15) is 10.4 Å². The van der Waals surface area contributed by atoms with Gasteiger partial charge in [0, 0.05) is 22.3 Å². The molecule has 8 nitrogen and oxygen atoms in total. The van der Waals surface area contributed by atoms with E-state index >= 15 is 0 Å². The summed E-state index contributed by atoms with van der Waals surface area (Å²) in [5.74, 6) is 0.894. The number of fused-ring (bicyclic) bond motifs is 1. The highest BCUT2D eigenvalue weighted by Crippen LogP contribution is 2.33. The number of carbonyl (C=O) groups is 2. The minimum atomic E-state index is -0.567. The third kappa shape index (κ3) is 4.75. The predicted octanol–water partition coefficient (Wildman–Crippen LogP) is 5.35. The first-order chi connectivity index (χ1) is 16.5. The van der Waals surface area contributed by atoms with Gasteiger partial charge in [-0.2, -0.15) is 0 Å². The number of ether oxygens (including phenoxy) is 3. The van der Waals surface area contributed by atoms with Crippen molar-refractivity contribution in [1.29, 1.82) is 0 Å². The van der Waals surface area contributed by atoms with Gasteiger partial charge in [0.25, 0.3) is 5.91 Å². The lowest BCUT2D eigenvalue weighted by molar-refractivity contribution is 0.102. The lowest BCUT2D eigenvalue weighted by Crippen LogP contribution is -2.14. The van der Waals surface area contributed by atoms with Crippen molar-refractivity contribution in [3.63, 3.8) is 0 Å². The molecule has 0 bridgehead atoms. The zero-order chi connectivity index (χ0) is 24.1. The Kier molecular flexibility index (Phi) is 6.59. The van der Waals surface area contributed by atoms with Gasteiger partial charge >= 0.3 is 6.09 Å². The molecule has 0 atom stereocenters. The minimum Gasteiger partial charge on any atom is -0.493 e. The topological polar surface area (TPSA) is 98.8 Å². The normalized spacial score (nSPS) is 10.4. The van der Waals surface area contributed by atoms with Gasteiger partial charge in [-0.25, -0.2) is 9.78 Å². The van der Waals surface area contributed by atoms with Crippen LogP contribution in [-0.2, 0) is 4.74 Å². The number of methoxy groups -OCH3 is 3. The second-order valence-corrected chi connectivity index (χ2v) is 7.29. The Labute approximate surface area is 196 Å². The predicted molar refractivity (Wildman–Crippen MR) is 131 cm³/mol. The molecule has 2 N–H and O–H groups in total. The summed E-state index contributed by atoms with van der Waals surface area (Å²) in [5, 5.41) is 6.21. The highest BCUT2D eigenvalue weighted by molar-refractivity contribution is 6.13. The minimum absolute atomic E-state index is 0.283. The van der Waals surface area contributed by atoms with Crippen LogP contribution in [0.25, 0.3) is 22.2 Å². The van der Waals surface area contributed by atoms with Crippen molar-refractivity contribution in [3.8, 4) is 22.8 Å². The van der Waals surface area contributed by atoms with Crippen LogP contribution in [0.5, 0.6) is 11.5 Å². The molecule has 0 fully saturated rings. The van der Waals surface area contributed by atoms with Crippen LogP contribution in [0.2, 0.25) is 0 Å². The lowest BCUT2D eigenvalue weighted by Gasteiger charge is -2.13. The van der Waals surface area contributed by atoms with Crippen molar-refractivity contribution in [2.75, 3.05) is 32.0 Å². The molecular formula is C26H23N3O5. The van der Waals surface area contributed by atoms with Crippen LogP contribution >= 0.6 is 0 Å². The molecule has 0 aliphatic rings. The zero-order valence-corrected chi connectivity index (χ0v) is 18.9. The lowest BCUT2D eigenvalue weighted by atomic mass is 10.0. The van der Waals surface area contributed by atoms with E-state index in [2.05, 4.69) is 15.4 Å². The molecular weight excluding hydrogens is 434 g/mol. The van der Waals surface area contributed by atoms with Gasteiger partial charge in [-0.3, -0.25) is 10.1 Å². The van der Waals surface area contributed by atoms with E-state index in [9.17, 15) is 9.59 Å². The Hall–Kier alpha value is -4.59. The number of para-hydroxylation sites is 1. The largest absolute Gasteiger partial charge is 0.493 e. The Morgan fingerprint density at radius 1 is 0.765 bits per heavy atom. The summed E-state index contributed by atoms with van der Waals surface area (Å²) >= 11 is 0. The number of nitrogens with zero attached hydrogens (tertiary/aromatic N) is 1. The van der Waals surface area contributed by atoms with Gasteiger partial charge in [0.15, 0.2) is 11.5 Å². The molecule has 1 aromatic heterocycles. The van der Waals surface area contributed by atoms with Crippen LogP contribution in [-0.4, -0.2) is 38.3 Å². The number of aromatic nitrogens is 1. The number of amides is 2. The Morgan fingerprint density at radius 3 is 2.12 bits per heavy atom. The second kappa shape index (κ2) is 9.91. The molecule has 4 rings (SSSR count). The Bertz CT molecular complexity index is 1350. The smallest absolute Gasteiger partial charge is 0.411 e. The first-order valence-corrected chi connectivity index (χ1v) is 10.4. The van der Waals surface area contributed by atoms with Gasteiger partial charge in [-0.15, -0.1) is 0 Å². The van der Waals surface area contributed by atoms with Crippen LogP contribution in [0.15, 0.2) is 72.8 Å². The molecule has 172 valence electrons. The standard InChI is InChI=1S/C26H23N3O5/c1-32-23-13-8-16(14-24(23)33-2)22-15-20(19-6-4-5-7-21(19)29-22)25(30)27-17-9-11-18(12-10-17)28-26(31)34-3/h4-15H,1-3H3,(H,27,30)(H,28,31). The summed E-state index contributed by atoms with van der Waals surface area (Å²) in [6.07, 6.45) is -0.567.